The number of benzene rings is 2. The first-order valence-electron chi connectivity index (χ1n) is 6.04. The minimum atomic E-state index is -1.50. The van der Waals surface area contributed by atoms with Crippen LogP contribution < -0.4 is 0 Å². The van der Waals surface area contributed by atoms with Gasteiger partial charge < -0.3 is 15.3 Å². The van der Waals surface area contributed by atoms with E-state index < -0.39 is 12.3 Å². The first-order valence-corrected chi connectivity index (χ1v) is 6.04. The summed E-state index contributed by atoms with van der Waals surface area (Å²) in [5, 5.41) is 27.1. The third-order valence-corrected chi connectivity index (χ3v) is 2.81. The van der Waals surface area contributed by atoms with Gasteiger partial charge in [0.2, 0.25) is 0 Å². The van der Waals surface area contributed by atoms with E-state index in [-0.39, 0.29) is 5.56 Å². The average Bonchev–Trinajstić information content (AvgIpc) is 2.45. The molecule has 3 N–H and O–H groups in total. The lowest BCUT2D eigenvalue weighted by Gasteiger charge is -2.04. The van der Waals surface area contributed by atoms with Gasteiger partial charge in [-0.1, -0.05) is 42.5 Å². The molecule has 0 aliphatic rings. The minimum absolute atomic E-state index is 0.228. The molecule has 0 bridgehead atoms. The van der Waals surface area contributed by atoms with Crippen LogP contribution in [0.1, 0.15) is 33.3 Å². The van der Waals surface area contributed by atoms with Crippen LogP contribution in [0.3, 0.4) is 0 Å². The molecule has 0 aliphatic heterocycles. The van der Waals surface area contributed by atoms with Gasteiger partial charge in [-0.25, -0.2) is 4.79 Å². The summed E-state index contributed by atoms with van der Waals surface area (Å²) in [6, 6.07) is 13.4. The molecule has 102 valence electrons. The first-order chi connectivity index (χ1) is 9.56. The molecular formula is C16H14O4. The number of aliphatic hydroxyl groups is 2. The number of rotatable bonds is 4. The second kappa shape index (κ2) is 6.14. The van der Waals surface area contributed by atoms with Crippen LogP contribution in [0.2, 0.25) is 0 Å². The van der Waals surface area contributed by atoms with Gasteiger partial charge in [0, 0.05) is 5.56 Å². The van der Waals surface area contributed by atoms with E-state index in [2.05, 4.69) is 0 Å². The van der Waals surface area contributed by atoms with Crippen LogP contribution in [0.5, 0.6) is 0 Å². The monoisotopic (exact) mass is 270 g/mol. The van der Waals surface area contributed by atoms with Crippen molar-refractivity contribution in [1.29, 1.82) is 0 Å². The van der Waals surface area contributed by atoms with Crippen LogP contribution in [0.4, 0.5) is 0 Å². The largest absolute Gasteiger partial charge is 0.478 e. The van der Waals surface area contributed by atoms with Crippen molar-refractivity contribution in [2.24, 2.45) is 0 Å². The maximum Gasteiger partial charge on any atom is 0.335 e. The summed E-state index contributed by atoms with van der Waals surface area (Å²) in [5.74, 6) is -0.967. The first kappa shape index (κ1) is 14.0. The van der Waals surface area contributed by atoms with Gasteiger partial charge in [-0.3, -0.25) is 0 Å². The van der Waals surface area contributed by atoms with Crippen molar-refractivity contribution in [2.45, 2.75) is 6.29 Å². The molecule has 20 heavy (non-hydrogen) atoms. The predicted molar refractivity (Wildman–Crippen MR) is 75.9 cm³/mol. The van der Waals surface area contributed by atoms with E-state index in [1.165, 1.54) is 6.07 Å². The van der Waals surface area contributed by atoms with E-state index in [0.717, 1.165) is 11.1 Å². The highest BCUT2D eigenvalue weighted by Crippen LogP contribution is 2.15. The zero-order valence-electron chi connectivity index (χ0n) is 10.6. The highest BCUT2D eigenvalue weighted by atomic mass is 16.5. The van der Waals surface area contributed by atoms with E-state index in [0.29, 0.717) is 5.56 Å². The summed E-state index contributed by atoms with van der Waals surface area (Å²) < 4.78 is 0. The molecule has 0 heterocycles. The molecule has 0 saturated carbocycles. The van der Waals surface area contributed by atoms with Crippen LogP contribution in [0.15, 0.2) is 48.5 Å². The van der Waals surface area contributed by atoms with E-state index in [9.17, 15) is 4.79 Å². The van der Waals surface area contributed by atoms with Crippen molar-refractivity contribution < 1.29 is 20.1 Å². The lowest BCUT2D eigenvalue weighted by atomic mass is 10.1. The third kappa shape index (κ3) is 3.54. The molecule has 0 atom stereocenters. The number of aliphatic hydroxyl groups excluding tert-OH is 1. The second-order valence-corrected chi connectivity index (χ2v) is 4.31. The van der Waals surface area contributed by atoms with Crippen molar-refractivity contribution in [3.05, 3.63) is 70.8 Å². The Labute approximate surface area is 116 Å². The quantitative estimate of drug-likeness (QED) is 0.589. The molecule has 4 nitrogen and oxygen atoms in total. The molecule has 0 unspecified atom stereocenters. The highest BCUT2D eigenvalue weighted by Gasteiger charge is 2.02. The van der Waals surface area contributed by atoms with Crippen molar-refractivity contribution >= 4 is 18.1 Å². The van der Waals surface area contributed by atoms with Gasteiger partial charge in [0.1, 0.15) is 0 Å². The molecular weight excluding hydrogens is 256 g/mol. The third-order valence-electron chi connectivity index (χ3n) is 2.81. The standard InChI is InChI=1S/C16H14O4/c17-15(18)13-5-1-3-11(9-13)7-8-12-4-2-6-14(10-12)16(19)20/h1-10,15,17-18H,(H,19,20)/b8-7+. The van der Waals surface area contributed by atoms with E-state index in [1.54, 1.807) is 48.6 Å². The van der Waals surface area contributed by atoms with Gasteiger partial charge in [0.15, 0.2) is 6.29 Å². The zero-order chi connectivity index (χ0) is 14.5. The van der Waals surface area contributed by atoms with Gasteiger partial charge in [0.25, 0.3) is 0 Å². The van der Waals surface area contributed by atoms with Crippen LogP contribution in [0, 0.1) is 0 Å². The fourth-order valence-corrected chi connectivity index (χ4v) is 1.79. The van der Waals surface area contributed by atoms with Crippen molar-refractivity contribution in [1.82, 2.24) is 0 Å². The zero-order valence-corrected chi connectivity index (χ0v) is 10.6. The maximum absolute atomic E-state index is 10.9. The van der Waals surface area contributed by atoms with Crippen molar-refractivity contribution in [2.75, 3.05) is 0 Å². The fraction of sp³-hybridized carbons (Fsp3) is 0.0625. The SMILES string of the molecule is O=C(O)c1cccc(/C=C/c2cccc(C(O)O)c2)c1. The van der Waals surface area contributed by atoms with E-state index >= 15 is 0 Å². The second-order valence-electron chi connectivity index (χ2n) is 4.31. The number of carbonyl (C=O) groups is 1. The molecule has 0 aliphatic carbocycles. The normalized spacial score (nSPS) is 11.2. The van der Waals surface area contributed by atoms with Crippen LogP contribution in [-0.2, 0) is 0 Å². The number of carboxylic acid groups (broad SMARTS) is 1. The Hall–Kier alpha value is -2.43. The molecule has 2 rings (SSSR count). The lowest BCUT2D eigenvalue weighted by molar-refractivity contribution is -0.0425. The molecule has 0 saturated heterocycles. The van der Waals surface area contributed by atoms with Gasteiger partial charge in [-0.15, -0.1) is 0 Å². The summed E-state index contributed by atoms with van der Waals surface area (Å²) in [7, 11) is 0. The summed E-state index contributed by atoms with van der Waals surface area (Å²) in [6.07, 6.45) is 2.06. The molecule has 4 heteroatoms. The van der Waals surface area contributed by atoms with E-state index in [4.69, 9.17) is 15.3 Å². The maximum atomic E-state index is 10.9. The molecule has 0 radical (unpaired) electrons. The summed E-state index contributed by atoms with van der Waals surface area (Å²) in [4.78, 5) is 10.9. The predicted octanol–water partition coefficient (Wildman–Crippen LogP) is 2.54. The lowest BCUT2D eigenvalue weighted by Crippen LogP contribution is -1.95. The Kier molecular flexibility index (Phi) is 4.30. The van der Waals surface area contributed by atoms with E-state index in [1.807, 2.05) is 6.07 Å². The van der Waals surface area contributed by atoms with Gasteiger partial charge >= 0.3 is 5.97 Å². The Morgan fingerprint density at radius 1 is 0.950 bits per heavy atom. The molecule has 2 aromatic carbocycles. The Balaban J connectivity index is 2.23. The molecule has 0 aromatic heterocycles. The van der Waals surface area contributed by atoms with Gasteiger partial charge in [-0.05, 0) is 29.3 Å². The number of hydrogen-bond acceptors (Lipinski definition) is 3. The van der Waals surface area contributed by atoms with Crippen LogP contribution >= 0.6 is 0 Å². The van der Waals surface area contributed by atoms with Gasteiger partial charge in [-0.2, -0.15) is 0 Å². The smallest absolute Gasteiger partial charge is 0.335 e. The molecule has 0 fully saturated rings. The number of hydrogen-bond donors (Lipinski definition) is 3. The average molecular weight is 270 g/mol. The summed E-state index contributed by atoms with van der Waals surface area (Å²) >= 11 is 0. The highest BCUT2D eigenvalue weighted by molar-refractivity contribution is 5.88. The fourth-order valence-electron chi connectivity index (χ4n) is 1.79. The number of carboxylic acids is 1. The number of aromatic carboxylic acids is 1. The topological polar surface area (TPSA) is 77.8 Å². The Bertz CT molecular complexity index is 644. The molecule has 0 amide bonds. The minimum Gasteiger partial charge on any atom is -0.478 e. The Morgan fingerprint density at radius 2 is 1.55 bits per heavy atom. The van der Waals surface area contributed by atoms with Crippen molar-refractivity contribution in [3.8, 4) is 0 Å². The van der Waals surface area contributed by atoms with Crippen LogP contribution in [-0.4, -0.2) is 21.3 Å². The summed E-state index contributed by atoms with van der Waals surface area (Å²) in [5.41, 5.74) is 2.20. The molecule has 0 spiro atoms. The van der Waals surface area contributed by atoms with Crippen LogP contribution in [0.25, 0.3) is 12.2 Å². The van der Waals surface area contributed by atoms with Gasteiger partial charge in [0.05, 0.1) is 5.56 Å². The molecule has 2 aromatic rings. The Morgan fingerprint density at radius 3 is 2.15 bits per heavy atom. The summed E-state index contributed by atoms with van der Waals surface area (Å²) in [6.45, 7) is 0. The van der Waals surface area contributed by atoms with Crippen molar-refractivity contribution in [3.63, 3.8) is 0 Å².